The Morgan fingerprint density at radius 1 is 1.55 bits per heavy atom. The Hall–Kier alpha value is -1.11. The highest BCUT2D eigenvalue weighted by molar-refractivity contribution is 5.76. The standard InChI is InChI=1S/C10H15N/c1-5-6-7-10(4)11-8-9(2)3/h5-8,10H,1-2H2,3-4H3/b7-6-,11-8-. The monoisotopic (exact) mass is 149 g/mol. The van der Waals surface area contributed by atoms with Gasteiger partial charge < -0.3 is 0 Å². The molecule has 0 saturated heterocycles. The molecule has 1 nitrogen and oxygen atoms in total. The summed E-state index contributed by atoms with van der Waals surface area (Å²) in [5.74, 6) is 0. The van der Waals surface area contributed by atoms with E-state index in [1.54, 1.807) is 12.3 Å². The maximum Gasteiger partial charge on any atom is 0.0654 e. The summed E-state index contributed by atoms with van der Waals surface area (Å²) >= 11 is 0. The number of aliphatic imine (C=N–C) groups is 1. The molecule has 0 aliphatic heterocycles. The van der Waals surface area contributed by atoms with Gasteiger partial charge in [-0.2, -0.15) is 0 Å². The lowest BCUT2D eigenvalue weighted by atomic mass is 10.3. The summed E-state index contributed by atoms with van der Waals surface area (Å²) < 4.78 is 0. The third-order valence-corrected chi connectivity index (χ3v) is 1.06. The van der Waals surface area contributed by atoms with Gasteiger partial charge in [0.25, 0.3) is 0 Å². The van der Waals surface area contributed by atoms with E-state index in [9.17, 15) is 0 Å². The van der Waals surface area contributed by atoms with E-state index in [4.69, 9.17) is 0 Å². The number of nitrogens with zero attached hydrogens (tertiary/aromatic N) is 1. The highest BCUT2D eigenvalue weighted by atomic mass is 14.7. The van der Waals surface area contributed by atoms with Gasteiger partial charge in [0.2, 0.25) is 0 Å². The van der Waals surface area contributed by atoms with E-state index in [2.05, 4.69) is 18.2 Å². The topological polar surface area (TPSA) is 12.4 Å². The number of hydrogen-bond acceptors (Lipinski definition) is 1. The molecule has 0 spiro atoms. The van der Waals surface area contributed by atoms with E-state index in [0.717, 1.165) is 5.57 Å². The molecule has 0 aliphatic rings. The van der Waals surface area contributed by atoms with Crippen molar-refractivity contribution in [3.05, 3.63) is 37.0 Å². The fourth-order valence-corrected chi connectivity index (χ4v) is 0.534. The van der Waals surface area contributed by atoms with Crippen molar-refractivity contribution in [1.82, 2.24) is 0 Å². The normalized spacial score (nSPS) is 14.0. The first kappa shape index (κ1) is 9.89. The summed E-state index contributed by atoms with van der Waals surface area (Å²) in [6, 6.07) is 0.213. The molecule has 0 fully saturated rings. The Balaban J connectivity index is 3.85. The van der Waals surface area contributed by atoms with E-state index in [1.807, 2.05) is 26.0 Å². The molecule has 0 aliphatic carbocycles. The van der Waals surface area contributed by atoms with Crippen molar-refractivity contribution in [2.24, 2.45) is 4.99 Å². The van der Waals surface area contributed by atoms with Crippen LogP contribution in [0.3, 0.4) is 0 Å². The predicted octanol–water partition coefficient (Wildman–Crippen LogP) is 2.76. The van der Waals surface area contributed by atoms with Crippen molar-refractivity contribution >= 4 is 6.21 Å². The Morgan fingerprint density at radius 3 is 2.64 bits per heavy atom. The second-order valence-corrected chi connectivity index (χ2v) is 2.49. The average Bonchev–Trinajstić information content (AvgIpc) is 1.97. The number of hydrogen-bond donors (Lipinski definition) is 0. The smallest absolute Gasteiger partial charge is 0.0654 e. The van der Waals surface area contributed by atoms with Gasteiger partial charge in [0, 0.05) is 6.21 Å². The van der Waals surface area contributed by atoms with Gasteiger partial charge in [0.1, 0.15) is 0 Å². The van der Waals surface area contributed by atoms with Crippen LogP contribution in [0.15, 0.2) is 42.0 Å². The summed E-state index contributed by atoms with van der Waals surface area (Å²) in [7, 11) is 0. The van der Waals surface area contributed by atoms with Crippen molar-refractivity contribution in [2.75, 3.05) is 0 Å². The fraction of sp³-hybridized carbons (Fsp3) is 0.300. The molecule has 0 N–H and O–H groups in total. The zero-order chi connectivity index (χ0) is 8.69. The maximum absolute atomic E-state index is 4.20. The van der Waals surface area contributed by atoms with Crippen LogP contribution in [0, 0.1) is 0 Å². The molecule has 11 heavy (non-hydrogen) atoms. The second kappa shape index (κ2) is 5.66. The van der Waals surface area contributed by atoms with Crippen molar-refractivity contribution < 1.29 is 0 Å². The largest absolute Gasteiger partial charge is 0.286 e. The van der Waals surface area contributed by atoms with E-state index in [-0.39, 0.29) is 6.04 Å². The minimum Gasteiger partial charge on any atom is -0.286 e. The molecule has 0 rings (SSSR count). The van der Waals surface area contributed by atoms with Crippen LogP contribution in [-0.2, 0) is 0 Å². The van der Waals surface area contributed by atoms with Gasteiger partial charge in [-0.3, -0.25) is 4.99 Å². The summed E-state index contributed by atoms with van der Waals surface area (Å²) in [6.45, 7) is 11.2. The Labute approximate surface area is 68.9 Å². The second-order valence-electron chi connectivity index (χ2n) is 2.49. The van der Waals surface area contributed by atoms with Crippen LogP contribution in [-0.4, -0.2) is 12.3 Å². The molecule has 1 heteroatoms. The summed E-state index contributed by atoms with van der Waals surface area (Å²) in [5.41, 5.74) is 0.976. The van der Waals surface area contributed by atoms with E-state index in [0.29, 0.717) is 0 Å². The highest BCUT2D eigenvalue weighted by Gasteiger charge is 1.86. The minimum absolute atomic E-state index is 0.213. The van der Waals surface area contributed by atoms with Gasteiger partial charge >= 0.3 is 0 Å². The van der Waals surface area contributed by atoms with Gasteiger partial charge in [-0.25, -0.2) is 0 Å². The molecule has 0 saturated carbocycles. The first-order valence-corrected chi connectivity index (χ1v) is 3.64. The van der Waals surface area contributed by atoms with Gasteiger partial charge in [0.05, 0.1) is 6.04 Å². The zero-order valence-corrected chi connectivity index (χ0v) is 7.25. The minimum atomic E-state index is 0.213. The predicted molar refractivity (Wildman–Crippen MR) is 52.1 cm³/mol. The van der Waals surface area contributed by atoms with Crippen LogP contribution in [0.2, 0.25) is 0 Å². The third kappa shape index (κ3) is 6.78. The Kier molecular flexibility index (Phi) is 5.09. The number of rotatable bonds is 4. The highest BCUT2D eigenvalue weighted by Crippen LogP contribution is 1.92. The molecule has 60 valence electrons. The van der Waals surface area contributed by atoms with Crippen molar-refractivity contribution in [1.29, 1.82) is 0 Å². The molecule has 0 aromatic rings. The van der Waals surface area contributed by atoms with Gasteiger partial charge in [-0.05, 0) is 19.4 Å². The van der Waals surface area contributed by atoms with E-state index in [1.165, 1.54) is 0 Å². The molecule has 0 radical (unpaired) electrons. The lowest BCUT2D eigenvalue weighted by Gasteiger charge is -1.95. The van der Waals surface area contributed by atoms with Crippen molar-refractivity contribution in [3.63, 3.8) is 0 Å². The molecule has 0 heterocycles. The zero-order valence-electron chi connectivity index (χ0n) is 7.25. The fourth-order valence-electron chi connectivity index (χ4n) is 0.534. The van der Waals surface area contributed by atoms with Crippen LogP contribution in [0.25, 0.3) is 0 Å². The molecular weight excluding hydrogens is 134 g/mol. The summed E-state index contributed by atoms with van der Waals surface area (Å²) in [6.07, 6.45) is 7.39. The van der Waals surface area contributed by atoms with Crippen molar-refractivity contribution in [2.45, 2.75) is 19.9 Å². The Morgan fingerprint density at radius 2 is 2.18 bits per heavy atom. The first-order chi connectivity index (χ1) is 5.16. The van der Waals surface area contributed by atoms with Crippen LogP contribution in [0.4, 0.5) is 0 Å². The first-order valence-electron chi connectivity index (χ1n) is 3.64. The maximum atomic E-state index is 4.20. The van der Waals surface area contributed by atoms with Crippen molar-refractivity contribution in [3.8, 4) is 0 Å². The van der Waals surface area contributed by atoms with Crippen LogP contribution < -0.4 is 0 Å². The SMILES string of the molecule is C=C/C=C\C(C)/N=C\C(=C)C. The molecule has 0 bridgehead atoms. The molecule has 1 atom stereocenters. The Bertz CT molecular complexity index is 187. The van der Waals surface area contributed by atoms with E-state index < -0.39 is 0 Å². The molecule has 0 aromatic carbocycles. The molecular formula is C10H15N. The lowest BCUT2D eigenvalue weighted by molar-refractivity contribution is 0.932. The summed E-state index contributed by atoms with van der Waals surface area (Å²) in [4.78, 5) is 4.20. The van der Waals surface area contributed by atoms with E-state index >= 15 is 0 Å². The lowest BCUT2D eigenvalue weighted by Crippen LogP contribution is -1.91. The van der Waals surface area contributed by atoms with Crippen LogP contribution in [0.1, 0.15) is 13.8 Å². The molecule has 0 amide bonds. The summed E-state index contributed by atoms with van der Waals surface area (Å²) in [5, 5.41) is 0. The molecule has 0 aromatic heterocycles. The van der Waals surface area contributed by atoms with Gasteiger partial charge in [0.15, 0.2) is 0 Å². The molecule has 1 unspecified atom stereocenters. The van der Waals surface area contributed by atoms with Gasteiger partial charge in [-0.15, -0.1) is 0 Å². The average molecular weight is 149 g/mol. The third-order valence-electron chi connectivity index (χ3n) is 1.06. The van der Waals surface area contributed by atoms with Crippen LogP contribution in [0.5, 0.6) is 0 Å². The van der Waals surface area contributed by atoms with Crippen LogP contribution >= 0.6 is 0 Å². The quantitative estimate of drug-likeness (QED) is 0.430. The number of allylic oxidation sites excluding steroid dienone is 3. The van der Waals surface area contributed by atoms with Gasteiger partial charge in [-0.1, -0.05) is 31.4 Å².